The van der Waals surface area contributed by atoms with E-state index in [4.69, 9.17) is 5.73 Å². The number of nitrogens with two attached hydrogens (primary N) is 1. The molecule has 0 amide bonds. The third-order valence-corrected chi connectivity index (χ3v) is 5.75. The summed E-state index contributed by atoms with van der Waals surface area (Å²) in [6.45, 7) is 1.81. The van der Waals surface area contributed by atoms with Gasteiger partial charge in [-0.15, -0.1) is 11.3 Å². The molecule has 2 N–H and O–H groups in total. The van der Waals surface area contributed by atoms with Crippen LogP contribution in [0.5, 0.6) is 0 Å². The zero-order valence-electron chi connectivity index (χ0n) is 11.3. The van der Waals surface area contributed by atoms with Gasteiger partial charge in [0.05, 0.1) is 9.83 Å². The molecule has 0 bridgehead atoms. The summed E-state index contributed by atoms with van der Waals surface area (Å²) >= 11 is 5.36. The predicted octanol–water partition coefficient (Wildman–Crippen LogP) is 4.35. The Morgan fingerprint density at radius 1 is 1.25 bits per heavy atom. The second kappa shape index (κ2) is 6.39. The summed E-state index contributed by atoms with van der Waals surface area (Å²) in [6, 6.07) is 16.0. The van der Waals surface area contributed by atoms with Gasteiger partial charge in [0.25, 0.3) is 0 Å². The Bertz CT molecular complexity index is 555. The van der Waals surface area contributed by atoms with E-state index in [9.17, 15) is 0 Å². The van der Waals surface area contributed by atoms with E-state index in [0.717, 1.165) is 6.54 Å². The van der Waals surface area contributed by atoms with Gasteiger partial charge < -0.3 is 5.73 Å². The predicted molar refractivity (Wildman–Crippen MR) is 88.9 cm³/mol. The molecule has 0 spiro atoms. The molecule has 1 fully saturated rings. The number of hydrogen-bond acceptors (Lipinski definition) is 3. The van der Waals surface area contributed by atoms with E-state index < -0.39 is 0 Å². The quantitative estimate of drug-likeness (QED) is 0.888. The molecule has 3 rings (SSSR count). The van der Waals surface area contributed by atoms with Gasteiger partial charge in [-0.05, 0) is 53.0 Å². The van der Waals surface area contributed by atoms with Gasteiger partial charge >= 0.3 is 0 Å². The number of halogens is 1. The van der Waals surface area contributed by atoms with Gasteiger partial charge in [0, 0.05) is 17.5 Å². The fourth-order valence-corrected chi connectivity index (χ4v) is 4.68. The molecule has 1 saturated heterocycles. The number of nitrogens with zero attached hydrogens (tertiary/aromatic N) is 1. The molecular weight excluding hydrogens is 332 g/mol. The highest BCUT2D eigenvalue weighted by Gasteiger charge is 2.32. The average molecular weight is 351 g/mol. The lowest BCUT2D eigenvalue weighted by Crippen LogP contribution is -2.32. The van der Waals surface area contributed by atoms with Crippen LogP contribution in [0.1, 0.15) is 35.4 Å². The summed E-state index contributed by atoms with van der Waals surface area (Å²) < 4.78 is 1.18. The Balaban J connectivity index is 1.87. The molecule has 2 nitrogen and oxygen atoms in total. The summed E-state index contributed by atoms with van der Waals surface area (Å²) in [5, 5.41) is 0. The molecule has 2 unspecified atom stereocenters. The van der Waals surface area contributed by atoms with Crippen LogP contribution in [0.4, 0.5) is 0 Å². The Kier molecular flexibility index (Phi) is 4.56. The van der Waals surface area contributed by atoms with Gasteiger partial charge in [0.15, 0.2) is 0 Å². The summed E-state index contributed by atoms with van der Waals surface area (Å²) in [7, 11) is 0. The van der Waals surface area contributed by atoms with E-state index in [1.807, 2.05) is 0 Å². The SMILES string of the molecule is NCC(c1ccc(Br)s1)N1CCCC1c1ccccc1. The highest BCUT2D eigenvalue weighted by Crippen LogP contribution is 2.40. The van der Waals surface area contributed by atoms with E-state index in [2.05, 4.69) is 63.3 Å². The number of benzene rings is 1. The fraction of sp³-hybridized carbons (Fsp3) is 0.375. The molecule has 2 aromatic rings. The lowest BCUT2D eigenvalue weighted by molar-refractivity contribution is 0.188. The van der Waals surface area contributed by atoms with Crippen molar-refractivity contribution in [3.05, 3.63) is 56.7 Å². The second-order valence-corrected chi connectivity index (χ2v) is 7.69. The van der Waals surface area contributed by atoms with Crippen LogP contribution in [-0.4, -0.2) is 18.0 Å². The first kappa shape index (κ1) is 14.3. The Labute approximate surface area is 132 Å². The van der Waals surface area contributed by atoms with Crippen LogP contribution >= 0.6 is 27.3 Å². The molecule has 1 aliphatic rings. The third-order valence-electron chi connectivity index (χ3n) is 4.02. The zero-order valence-corrected chi connectivity index (χ0v) is 13.7. The zero-order chi connectivity index (χ0) is 13.9. The molecule has 1 aromatic heterocycles. The van der Waals surface area contributed by atoms with Crippen molar-refractivity contribution in [3.63, 3.8) is 0 Å². The van der Waals surface area contributed by atoms with Gasteiger partial charge in [-0.25, -0.2) is 0 Å². The first-order chi connectivity index (χ1) is 9.79. The molecule has 0 saturated carbocycles. The van der Waals surface area contributed by atoms with Gasteiger partial charge in [-0.3, -0.25) is 4.90 Å². The maximum atomic E-state index is 6.08. The van der Waals surface area contributed by atoms with E-state index in [1.54, 1.807) is 11.3 Å². The normalized spacial score (nSPS) is 21.2. The van der Waals surface area contributed by atoms with Crippen molar-refractivity contribution in [1.29, 1.82) is 0 Å². The molecule has 2 atom stereocenters. The number of likely N-dealkylation sites (tertiary alicyclic amines) is 1. The largest absolute Gasteiger partial charge is 0.329 e. The van der Waals surface area contributed by atoms with Crippen LogP contribution in [-0.2, 0) is 0 Å². The van der Waals surface area contributed by atoms with Gasteiger partial charge in [-0.1, -0.05) is 30.3 Å². The van der Waals surface area contributed by atoms with Crippen molar-refractivity contribution >= 4 is 27.3 Å². The summed E-state index contributed by atoms with van der Waals surface area (Å²) in [6.07, 6.45) is 2.48. The van der Waals surface area contributed by atoms with Gasteiger partial charge in [0.1, 0.15) is 0 Å². The summed E-state index contributed by atoms with van der Waals surface area (Å²) in [5.41, 5.74) is 7.50. The standard InChI is InChI=1S/C16H19BrN2S/c17-16-9-8-15(20-16)14(11-18)19-10-4-7-13(19)12-5-2-1-3-6-12/h1-3,5-6,8-9,13-14H,4,7,10-11,18H2. The maximum absolute atomic E-state index is 6.08. The third kappa shape index (κ3) is 2.84. The van der Waals surface area contributed by atoms with Gasteiger partial charge in [0.2, 0.25) is 0 Å². The Morgan fingerprint density at radius 3 is 2.70 bits per heavy atom. The smallest absolute Gasteiger partial charge is 0.0702 e. The highest BCUT2D eigenvalue weighted by atomic mass is 79.9. The summed E-state index contributed by atoms with van der Waals surface area (Å²) in [4.78, 5) is 3.94. The molecule has 2 heterocycles. The van der Waals surface area contributed by atoms with E-state index >= 15 is 0 Å². The van der Waals surface area contributed by atoms with E-state index in [-0.39, 0.29) is 0 Å². The topological polar surface area (TPSA) is 29.3 Å². The van der Waals surface area contributed by atoms with Crippen LogP contribution in [0.25, 0.3) is 0 Å². The molecule has 106 valence electrons. The molecule has 0 radical (unpaired) electrons. The first-order valence-corrected chi connectivity index (χ1v) is 8.66. The first-order valence-electron chi connectivity index (χ1n) is 7.05. The van der Waals surface area contributed by atoms with Crippen LogP contribution in [0, 0.1) is 0 Å². The maximum Gasteiger partial charge on any atom is 0.0702 e. The van der Waals surface area contributed by atoms with Crippen molar-refractivity contribution < 1.29 is 0 Å². The monoisotopic (exact) mass is 350 g/mol. The number of rotatable bonds is 4. The Hall–Kier alpha value is -0.680. The number of thiophene rings is 1. The lowest BCUT2D eigenvalue weighted by atomic mass is 10.0. The van der Waals surface area contributed by atoms with Crippen LogP contribution in [0.2, 0.25) is 0 Å². The summed E-state index contributed by atoms with van der Waals surface area (Å²) in [5.74, 6) is 0. The average Bonchev–Trinajstić information content (AvgIpc) is 3.11. The molecule has 1 aromatic carbocycles. The Morgan fingerprint density at radius 2 is 2.05 bits per heavy atom. The van der Waals surface area contributed by atoms with Crippen LogP contribution in [0.15, 0.2) is 46.3 Å². The van der Waals surface area contributed by atoms with Crippen molar-refractivity contribution in [3.8, 4) is 0 Å². The van der Waals surface area contributed by atoms with E-state index in [1.165, 1.54) is 27.1 Å². The molecular formula is C16H19BrN2S. The van der Waals surface area contributed by atoms with Crippen molar-refractivity contribution in [2.24, 2.45) is 5.73 Å². The van der Waals surface area contributed by atoms with Crippen molar-refractivity contribution in [1.82, 2.24) is 4.90 Å². The minimum absolute atomic E-state index is 0.332. The van der Waals surface area contributed by atoms with Crippen molar-refractivity contribution in [2.45, 2.75) is 24.9 Å². The van der Waals surface area contributed by atoms with Crippen LogP contribution in [0.3, 0.4) is 0 Å². The van der Waals surface area contributed by atoms with Crippen LogP contribution < -0.4 is 5.73 Å². The molecule has 4 heteroatoms. The minimum atomic E-state index is 0.332. The molecule has 1 aliphatic heterocycles. The molecule has 20 heavy (non-hydrogen) atoms. The fourth-order valence-electron chi connectivity index (χ4n) is 3.12. The minimum Gasteiger partial charge on any atom is -0.329 e. The van der Waals surface area contributed by atoms with Crippen molar-refractivity contribution in [2.75, 3.05) is 13.1 Å². The molecule has 0 aliphatic carbocycles. The number of hydrogen-bond donors (Lipinski definition) is 1. The highest BCUT2D eigenvalue weighted by molar-refractivity contribution is 9.11. The van der Waals surface area contributed by atoms with Gasteiger partial charge in [-0.2, -0.15) is 0 Å². The lowest BCUT2D eigenvalue weighted by Gasteiger charge is -2.32. The second-order valence-electron chi connectivity index (χ2n) is 5.20. The van der Waals surface area contributed by atoms with E-state index in [0.29, 0.717) is 18.6 Å².